The number of aromatic nitrogens is 1. The fraction of sp³-hybridized carbons (Fsp3) is 0.600. The van der Waals surface area contributed by atoms with Crippen LogP contribution in [0.25, 0.3) is 0 Å². The summed E-state index contributed by atoms with van der Waals surface area (Å²) in [6.07, 6.45) is 3.69. The van der Waals surface area contributed by atoms with Gasteiger partial charge in [-0.25, -0.2) is 0 Å². The molecule has 0 spiro atoms. The van der Waals surface area contributed by atoms with Crippen molar-refractivity contribution < 1.29 is 4.79 Å². The number of hydrogen-bond acceptors (Lipinski definition) is 3. The van der Waals surface area contributed by atoms with Crippen LogP contribution >= 0.6 is 0 Å². The van der Waals surface area contributed by atoms with Crippen LogP contribution in [0.15, 0.2) is 18.3 Å². The first-order valence-electron chi connectivity index (χ1n) is 7.03. The van der Waals surface area contributed by atoms with Crippen molar-refractivity contribution >= 4 is 11.6 Å². The predicted octanol–water partition coefficient (Wildman–Crippen LogP) is 3.07. The molecule has 0 aliphatic carbocycles. The summed E-state index contributed by atoms with van der Waals surface area (Å²) < 4.78 is 0. The molecule has 0 aliphatic rings. The Hall–Kier alpha value is -1.58. The van der Waals surface area contributed by atoms with E-state index in [2.05, 4.69) is 43.3 Å². The number of nitrogens with zero attached hydrogens (tertiary/aromatic N) is 1. The molecule has 4 nitrogen and oxygen atoms in total. The third-order valence-electron chi connectivity index (χ3n) is 3.03. The van der Waals surface area contributed by atoms with Crippen LogP contribution in [0.5, 0.6) is 0 Å². The first-order valence-corrected chi connectivity index (χ1v) is 7.03. The molecule has 2 N–H and O–H groups in total. The third-order valence-corrected chi connectivity index (χ3v) is 3.03. The number of amides is 1. The summed E-state index contributed by atoms with van der Waals surface area (Å²) in [7, 11) is 0. The number of rotatable bonds is 7. The molecule has 0 radical (unpaired) electrons. The molecular weight excluding hydrogens is 238 g/mol. The van der Waals surface area contributed by atoms with E-state index in [0.29, 0.717) is 24.2 Å². The zero-order valence-electron chi connectivity index (χ0n) is 12.4. The highest BCUT2D eigenvalue weighted by Crippen LogP contribution is 2.10. The Balaban J connectivity index is 2.57. The molecular formula is C15H25N3O. The van der Waals surface area contributed by atoms with E-state index in [9.17, 15) is 4.79 Å². The molecule has 0 bridgehead atoms. The normalized spacial score (nSPS) is 12.3. The molecule has 4 heteroatoms. The van der Waals surface area contributed by atoms with Crippen LogP contribution in [-0.2, 0) is 0 Å². The van der Waals surface area contributed by atoms with Gasteiger partial charge in [-0.15, -0.1) is 0 Å². The van der Waals surface area contributed by atoms with Crippen LogP contribution < -0.4 is 10.6 Å². The van der Waals surface area contributed by atoms with Crippen molar-refractivity contribution in [3.63, 3.8) is 0 Å². The van der Waals surface area contributed by atoms with Gasteiger partial charge in [0.15, 0.2) is 0 Å². The Morgan fingerprint density at radius 2 is 2.11 bits per heavy atom. The second-order valence-corrected chi connectivity index (χ2v) is 5.32. The van der Waals surface area contributed by atoms with E-state index >= 15 is 0 Å². The van der Waals surface area contributed by atoms with Crippen molar-refractivity contribution in [3.8, 4) is 0 Å². The van der Waals surface area contributed by atoms with E-state index in [1.54, 1.807) is 12.3 Å². The molecule has 1 amide bonds. The lowest BCUT2D eigenvalue weighted by Gasteiger charge is -2.13. The molecule has 0 aliphatic heterocycles. The van der Waals surface area contributed by atoms with Gasteiger partial charge in [-0.1, -0.05) is 20.8 Å². The molecule has 0 fully saturated rings. The molecule has 1 heterocycles. The monoisotopic (exact) mass is 263 g/mol. The lowest BCUT2D eigenvalue weighted by molar-refractivity contribution is 0.0947. The van der Waals surface area contributed by atoms with Crippen LogP contribution in [0.3, 0.4) is 0 Å². The van der Waals surface area contributed by atoms with Gasteiger partial charge in [-0.2, -0.15) is 0 Å². The lowest BCUT2D eigenvalue weighted by Crippen LogP contribution is -2.26. The van der Waals surface area contributed by atoms with E-state index in [-0.39, 0.29) is 5.91 Å². The largest absolute Gasteiger partial charge is 0.382 e. The number of hydrogen-bond donors (Lipinski definition) is 2. The Kier molecular flexibility index (Phi) is 6.33. The van der Waals surface area contributed by atoms with Gasteiger partial charge in [-0.05, 0) is 37.8 Å². The molecule has 1 aromatic rings. The van der Waals surface area contributed by atoms with Crippen molar-refractivity contribution in [2.24, 2.45) is 5.92 Å². The molecule has 1 unspecified atom stereocenters. The van der Waals surface area contributed by atoms with E-state index < -0.39 is 0 Å². The second kappa shape index (κ2) is 7.77. The molecule has 0 saturated carbocycles. The fourth-order valence-electron chi connectivity index (χ4n) is 1.60. The zero-order chi connectivity index (χ0) is 14.3. The fourth-order valence-corrected chi connectivity index (χ4v) is 1.60. The molecule has 0 aromatic carbocycles. The van der Waals surface area contributed by atoms with Gasteiger partial charge in [0.05, 0.1) is 0 Å². The average Bonchev–Trinajstić information content (AvgIpc) is 2.38. The Morgan fingerprint density at radius 3 is 2.74 bits per heavy atom. The van der Waals surface area contributed by atoms with Crippen LogP contribution in [-0.4, -0.2) is 23.5 Å². The van der Waals surface area contributed by atoms with Gasteiger partial charge in [0.2, 0.25) is 0 Å². The minimum absolute atomic E-state index is 0.103. The van der Waals surface area contributed by atoms with E-state index in [1.807, 2.05) is 6.07 Å². The van der Waals surface area contributed by atoms with Crippen molar-refractivity contribution in [1.82, 2.24) is 10.3 Å². The third kappa shape index (κ3) is 5.73. The maximum absolute atomic E-state index is 11.9. The van der Waals surface area contributed by atoms with Gasteiger partial charge in [-0.3, -0.25) is 9.78 Å². The summed E-state index contributed by atoms with van der Waals surface area (Å²) in [5, 5.41) is 6.24. The molecule has 106 valence electrons. The standard InChI is InChI=1S/C15H25N3O/c1-5-12(4)18-13-7-9-16-14(10-13)15(19)17-8-6-11(2)3/h7,9-12H,5-6,8H2,1-4H3,(H,16,18)(H,17,19). The Labute approximate surface area is 116 Å². The first-order chi connectivity index (χ1) is 9.02. The van der Waals surface area contributed by atoms with E-state index in [0.717, 1.165) is 18.5 Å². The highest BCUT2D eigenvalue weighted by Gasteiger charge is 2.08. The summed E-state index contributed by atoms with van der Waals surface area (Å²) in [5.74, 6) is 0.486. The maximum atomic E-state index is 11.9. The average molecular weight is 263 g/mol. The highest BCUT2D eigenvalue weighted by molar-refractivity contribution is 5.93. The second-order valence-electron chi connectivity index (χ2n) is 5.32. The van der Waals surface area contributed by atoms with Gasteiger partial charge >= 0.3 is 0 Å². The van der Waals surface area contributed by atoms with E-state index in [4.69, 9.17) is 0 Å². The summed E-state index contributed by atoms with van der Waals surface area (Å²) in [4.78, 5) is 16.1. The Morgan fingerprint density at radius 1 is 1.37 bits per heavy atom. The number of carbonyl (C=O) groups is 1. The van der Waals surface area contributed by atoms with Crippen LogP contribution in [0.1, 0.15) is 51.0 Å². The van der Waals surface area contributed by atoms with Crippen molar-refractivity contribution in [2.45, 2.75) is 46.6 Å². The predicted molar refractivity (Wildman–Crippen MR) is 79.4 cm³/mol. The zero-order valence-corrected chi connectivity index (χ0v) is 12.4. The van der Waals surface area contributed by atoms with Crippen LogP contribution in [0.4, 0.5) is 5.69 Å². The lowest BCUT2D eigenvalue weighted by atomic mass is 10.1. The summed E-state index contributed by atoms with van der Waals surface area (Å²) in [6.45, 7) is 9.21. The Bertz CT molecular complexity index is 404. The summed E-state index contributed by atoms with van der Waals surface area (Å²) >= 11 is 0. The van der Waals surface area contributed by atoms with E-state index in [1.165, 1.54) is 0 Å². The van der Waals surface area contributed by atoms with Crippen molar-refractivity contribution in [1.29, 1.82) is 0 Å². The molecule has 1 rings (SSSR count). The number of pyridine rings is 1. The van der Waals surface area contributed by atoms with Crippen molar-refractivity contribution in [2.75, 3.05) is 11.9 Å². The first kappa shape index (κ1) is 15.5. The van der Waals surface area contributed by atoms with Crippen LogP contribution in [0, 0.1) is 5.92 Å². The van der Waals surface area contributed by atoms with Crippen LogP contribution in [0.2, 0.25) is 0 Å². The quantitative estimate of drug-likeness (QED) is 0.795. The molecule has 0 saturated heterocycles. The number of anilines is 1. The van der Waals surface area contributed by atoms with Gasteiger partial charge < -0.3 is 10.6 Å². The van der Waals surface area contributed by atoms with Gasteiger partial charge in [0, 0.05) is 24.5 Å². The van der Waals surface area contributed by atoms with Crippen molar-refractivity contribution in [3.05, 3.63) is 24.0 Å². The minimum Gasteiger partial charge on any atom is -0.382 e. The molecule has 1 atom stereocenters. The topological polar surface area (TPSA) is 54.0 Å². The minimum atomic E-state index is -0.103. The van der Waals surface area contributed by atoms with Gasteiger partial charge in [0.25, 0.3) is 5.91 Å². The smallest absolute Gasteiger partial charge is 0.269 e. The maximum Gasteiger partial charge on any atom is 0.269 e. The SMILES string of the molecule is CCC(C)Nc1ccnc(C(=O)NCCC(C)C)c1. The summed E-state index contributed by atoms with van der Waals surface area (Å²) in [5.41, 5.74) is 1.41. The molecule has 19 heavy (non-hydrogen) atoms. The summed E-state index contributed by atoms with van der Waals surface area (Å²) in [6, 6.07) is 4.08. The van der Waals surface area contributed by atoms with Gasteiger partial charge in [0.1, 0.15) is 5.69 Å². The molecule has 1 aromatic heterocycles. The number of nitrogens with one attached hydrogen (secondary N) is 2. The highest BCUT2D eigenvalue weighted by atomic mass is 16.1. The number of carbonyl (C=O) groups excluding carboxylic acids is 1.